The van der Waals surface area contributed by atoms with E-state index in [1.165, 1.54) is 9.87 Å². The number of fused-ring (bicyclic) bond motifs is 1. The minimum atomic E-state index is -3.40. The van der Waals surface area contributed by atoms with E-state index in [0.717, 1.165) is 38.0 Å². The summed E-state index contributed by atoms with van der Waals surface area (Å²) >= 11 is 0. The molecule has 0 amide bonds. The molecule has 1 N–H and O–H groups in total. The van der Waals surface area contributed by atoms with Crippen molar-refractivity contribution >= 4 is 15.7 Å². The maximum atomic E-state index is 12.6. The average Bonchev–Trinajstić information content (AvgIpc) is 2.46. The lowest BCUT2D eigenvalue weighted by atomic mass is 10.0. The van der Waals surface area contributed by atoms with Crippen molar-refractivity contribution in [2.24, 2.45) is 0 Å². The van der Waals surface area contributed by atoms with Gasteiger partial charge in [-0.3, -0.25) is 0 Å². The van der Waals surface area contributed by atoms with E-state index in [0.29, 0.717) is 11.4 Å². The Kier molecular flexibility index (Phi) is 5.24. The highest BCUT2D eigenvalue weighted by molar-refractivity contribution is 7.89. The van der Waals surface area contributed by atoms with Gasteiger partial charge < -0.3 is 10.2 Å². The third-order valence-corrected chi connectivity index (χ3v) is 5.66. The first kappa shape index (κ1) is 16.3. The zero-order valence-electron chi connectivity index (χ0n) is 13.1. The molecule has 0 atom stereocenters. The Labute approximate surface area is 128 Å². The first-order chi connectivity index (χ1) is 9.91. The summed E-state index contributed by atoms with van der Waals surface area (Å²) in [5, 5.41) is 3.28. The van der Waals surface area contributed by atoms with Gasteiger partial charge in [0, 0.05) is 25.8 Å². The highest BCUT2D eigenvalue weighted by Gasteiger charge is 2.22. The number of nitrogens with zero attached hydrogens (tertiary/aromatic N) is 2. The molecule has 1 aliphatic rings. The van der Waals surface area contributed by atoms with Crippen LogP contribution in [0.5, 0.6) is 0 Å². The molecule has 5 nitrogen and oxygen atoms in total. The summed E-state index contributed by atoms with van der Waals surface area (Å²) in [6.45, 7) is 2.33. The van der Waals surface area contributed by atoms with Gasteiger partial charge >= 0.3 is 0 Å². The van der Waals surface area contributed by atoms with Crippen molar-refractivity contribution in [3.8, 4) is 0 Å². The molecule has 0 spiro atoms. The topological polar surface area (TPSA) is 52.7 Å². The van der Waals surface area contributed by atoms with Crippen molar-refractivity contribution in [3.05, 3.63) is 23.8 Å². The number of rotatable bonds is 6. The quantitative estimate of drug-likeness (QED) is 0.867. The molecule has 21 heavy (non-hydrogen) atoms. The van der Waals surface area contributed by atoms with E-state index in [2.05, 4.69) is 10.2 Å². The van der Waals surface area contributed by atoms with E-state index in [4.69, 9.17) is 0 Å². The van der Waals surface area contributed by atoms with Gasteiger partial charge in [0.25, 0.3) is 0 Å². The molecule has 0 saturated carbocycles. The van der Waals surface area contributed by atoms with Gasteiger partial charge in [-0.05, 0) is 57.6 Å². The molecule has 0 saturated heterocycles. The first-order valence-electron chi connectivity index (χ1n) is 7.39. The minimum absolute atomic E-state index is 0.378. The van der Waals surface area contributed by atoms with E-state index in [1.54, 1.807) is 19.2 Å². The maximum Gasteiger partial charge on any atom is 0.242 e. The van der Waals surface area contributed by atoms with Crippen molar-refractivity contribution in [3.63, 3.8) is 0 Å². The second-order valence-electron chi connectivity index (χ2n) is 5.83. The van der Waals surface area contributed by atoms with Gasteiger partial charge in [0.2, 0.25) is 10.0 Å². The fraction of sp³-hybridized carbons (Fsp3) is 0.600. The predicted molar refractivity (Wildman–Crippen MR) is 86.2 cm³/mol. The number of hydrogen-bond acceptors (Lipinski definition) is 4. The Morgan fingerprint density at radius 3 is 2.67 bits per heavy atom. The molecule has 1 aliphatic heterocycles. The molecule has 1 aromatic rings. The third kappa shape index (κ3) is 3.96. The summed E-state index contributed by atoms with van der Waals surface area (Å²) in [5.41, 5.74) is 2.17. The summed E-state index contributed by atoms with van der Waals surface area (Å²) in [6, 6.07) is 5.43. The predicted octanol–water partition coefficient (Wildman–Crippen LogP) is 1.62. The first-order valence-corrected chi connectivity index (χ1v) is 8.83. The van der Waals surface area contributed by atoms with Crippen molar-refractivity contribution in [1.29, 1.82) is 0 Å². The Bertz CT molecular complexity index is 585. The summed E-state index contributed by atoms with van der Waals surface area (Å²) in [5.74, 6) is 0. The van der Waals surface area contributed by atoms with Crippen molar-refractivity contribution in [2.75, 3.05) is 46.1 Å². The molecule has 6 heteroatoms. The average molecular weight is 311 g/mol. The van der Waals surface area contributed by atoms with E-state index >= 15 is 0 Å². The van der Waals surface area contributed by atoms with Crippen LogP contribution in [-0.4, -0.2) is 58.4 Å². The Balaban J connectivity index is 2.11. The molecule has 2 rings (SSSR count). The van der Waals surface area contributed by atoms with Gasteiger partial charge in [0.1, 0.15) is 0 Å². The number of hydrogen-bond donors (Lipinski definition) is 1. The summed E-state index contributed by atoms with van der Waals surface area (Å²) in [6.07, 6.45) is 2.94. The monoisotopic (exact) mass is 311 g/mol. The standard InChI is InChI=1S/C15H25N3O2S/c1-17(2)10-5-11-18(3)21(19,20)14-8-7-13-6-4-9-16-15(13)12-14/h7-8,12,16H,4-6,9-11H2,1-3H3. The fourth-order valence-electron chi connectivity index (χ4n) is 2.51. The van der Waals surface area contributed by atoms with E-state index in [9.17, 15) is 8.42 Å². The molecular weight excluding hydrogens is 286 g/mol. The third-order valence-electron chi connectivity index (χ3n) is 3.81. The summed E-state index contributed by atoms with van der Waals surface area (Å²) in [4.78, 5) is 2.44. The highest BCUT2D eigenvalue weighted by atomic mass is 32.2. The molecular formula is C15H25N3O2S. The number of nitrogens with one attached hydrogen (secondary N) is 1. The van der Waals surface area contributed by atoms with E-state index in [1.807, 2.05) is 20.2 Å². The molecule has 0 fully saturated rings. The van der Waals surface area contributed by atoms with E-state index < -0.39 is 10.0 Å². The molecule has 1 aromatic carbocycles. The Morgan fingerprint density at radius 2 is 1.95 bits per heavy atom. The fourth-order valence-corrected chi connectivity index (χ4v) is 3.75. The lowest BCUT2D eigenvalue weighted by Gasteiger charge is -2.21. The van der Waals surface area contributed by atoms with Crippen molar-refractivity contribution < 1.29 is 8.42 Å². The van der Waals surface area contributed by atoms with Crippen LogP contribution >= 0.6 is 0 Å². The zero-order chi connectivity index (χ0) is 15.5. The van der Waals surface area contributed by atoms with Gasteiger partial charge in [-0.25, -0.2) is 12.7 Å². The minimum Gasteiger partial charge on any atom is -0.385 e. The van der Waals surface area contributed by atoms with Crippen LogP contribution in [0.2, 0.25) is 0 Å². The normalized spacial score (nSPS) is 15.1. The van der Waals surface area contributed by atoms with Gasteiger partial charge in [-0.15, -0.1) is 0 Å². The number of anilines is 1. The largest absolute Gasteiger partial charge is 0.385 e. The van der Waals surface area contributed by atoms with Crippen LogP contribution < -0.4 is 5.32 Å². The van der Waals surface area contributed by atoms with Gasteiger partial charge in [-0.2, -0.15) is 0 Å². The lowest BCUT2D eigenvalue weighted by molar-refractivity contribution is 0.370. The zero-order valence-corrected chi connectivity index (χ0v) is 13.9. The van der Waals surface area contributed by atoms with Crippen LogP contribution in [0.4, 0.5) is 5.69 Å². The molecule has 0 radical (unpaired) electrons. The number of benzene rings is 1. The van der Waals surface area contributed by atoms with Gasteiger partial charge in [-0.1, -0.05) is 6.07 Å². The van der Waals surface area contributed by atoms with Crippen LogP contribution in [0, 0.1) is 0 Å². The molecule has 0 unspecified atom stereocenters. The molecule has 1 heterocycles. The Hall–Kier alpha value is -1.11. The maximum absolute atomic E-state index is 12.6. The van der Waals surface area contributed by atoms with Crippen LogP contribution in [0.1, 0.15) is 18.4 Å². The summed E-state index contributed by atoms with van der Waals surface area (Å²) in [7, 11) is 2.23. The van der Waals surface area contributed by atoms with E-state index in [-0.39, 0.29) is 0 Å². The van der Waals surface area contributed by atoms with Crippen molar-refractivity contribution in [2.45, 2.75) is 24.2 Å². The van der Waals surface area contributed by atoms with Crippen molar-refractivity contribution in [1.82, 2.24) is 9.21 Å². The van der Waals surface area contributed by atoms with Gasteiger partial charge in [0.05, 0.1) is 4.90 Å². The van der Waals surface area contributed by atoms with Gasteiger partial charge in [0.15, 0.2) is 0 Å². The van der Waals surface area contributed by atoms with Crippen LogP contribution in [-0.2, 0) is 16.4 Å². The smallest absolute Gasteiger partial charge is 0.242 e. The second kappa shape index (κ2) is 6.77. The van der Waals surface area contributed by atoms with Crippen LogP contribution in [0.3, 0.4) is 0 Å². The SMILES string of the molecule is CN(C)CCCN(C)S(=O)(=O)c1ccc2c(c1)NCCC2. The summed E-state index contributed by atoms with van der Waals surface area (Å²) < 4.78 is 26.6. The Morgan fingerprint density at radius 1 is 1.19 bits per heavy atom. The lowest BCUT2D eigenvalue weighted by Crippen LogP contribution is -2.30. The molecule has 0 aliphatic carbocycles. The van der Waals surface area contributed by atoms with Crippen LogP contribution in [0.15, 0.2) is 23.1 Å². The molecule has 118 valence electrons. The number of aryl methyl sites for hydroxylation is 1. The molecule has 0 bridgehead atoms. The number of sulfonamides is 1. The van der Waals surface area contributed by atoms with Crippen LogP contribution in [0.25, 0.3) is 0 Å². The second-order valence-corrected chi connectivity index (χ2v) is 7.88. The highest BCUT2D eigenvalue weighted by Crippen LogP contribution is 2.26. The molecule has 0 aromatic heterocycles.